The van der Waals surface area contributed by atoms with Crippen LogP contribution in [0.2, 0.25) is 0 Å². The molecule has 0 saturated heterocycles. The average molecular weight is 279 g/mol. The highest BCUT2D eigenvalue weighted by atomic mass is 35.5. The smallest absolute Gasteiger partial charge is 0.162 e. The molecule has 100 valence electrons. The van der Waals surface area contributed by atoms with Crippen molar-refractivity contribution in [1.82, 2.24) is 4.98 Å². The largest absolute Gasteiger partial charge is 0.486 e. The SMILES string of the molecule is ClCCCNc1nccc2cc3c(cc12)OCCO3. The zero-order valence-corrected chi connectivity index (χ0v) is 11.2. The van der Waals surface area contributed by atoms with Crippen LogP contribution in [0.4, 0.5) is 5.82 Å². The van der Waals surface area contributed by atoms with Gasteiger partial charge in [-0.3, -0.25) is 0 Å². The topological polar surface area (TPSA) is 43.4 Å². The van der Waals surface area contributed by atoms with Gasteiger partial charge in [0.1, 0.15) is 19.0 Å². The van der Waals surface area contributed by atoms with Crippen LogP contribution in [0.3, 0.4) is 0 Å². The summed E-state index contributed by atoms with van der Waals surface area (Å²) in [7, 11) is 0. The number of halogens is 1. The molecule has 1 aliphatic heterocycles. The molecule has 1 aromatic heterocycles. The van der Waals surface area contributed by atoms with E-state index in [-0.39, 0.29) is 0 Å². The Morgan fingerprint density at radius 1 is 1.21 bits per heavy atom. The predicted octanol–water partition coefficient (Wildman–Crippen LogP) is 3.05. The van der Waals surface area contributed by atoms with E-state index in [4.69, 9.17) is 21.1 Å². The van der Waals surface area contributed by atoms with Gasteiger partial charge in [0.2, 0.25) is 0 Å². The molecule has 1 N–H and O–H groups in total. The van der Waals surface area contributed by atoms with Crippen molar-refractivity contribution in [1.29, 1.82) is 0 Å². The van der Waals surface area contributed by atoms with Gasteiger partial charge in [0.25, 0.3) is 0 Å². The Balaban J connectivity index is 1.98. The lowest BCUT2D eigenvalue weighted by atomic mass is 10.1. The molecule has 5 heteroatoms. The van der Waals surface area contributed by atoms with Crippen LogP contribution in [0, 0.1) is 0 Å². The lowest BCUT2D eigenvalue weighted by Crippen LogP contribution is -2.15. The van der Waals surface area contributed by atoms with Crippen LogP contribution in [0.25, 0.3) is 10.8 Å². The minimum atomic E-state index is 0.591. The summed E-state index contributed by atoms with van der Waals surface area (Å²) in [5.41, 5.74) is 0. The van der Waals surface area contributed by atoms with Gasteiger partial charge >= 0.3 is 0 Å². The third-order valence-corrected chi connectivity index (χ3v) is 3.30. The van der Waals surface area contributed by atoms with Gasteiger partial charge < -0.3 is 14.8 Å². The van der Waals surface area contributed by atoms with Crippen LogP contribution in [-0.2, 0) is 0 Å². The van der Waals surface area contributed by atoms with Crippen LogP contribution in [0.5, 0.6) is 11.5 Å². The number of ether oxygens (including phenoxy) is 2. The predicted molar refractivity (Wildman–Crippen MR) is 76.6 cm³/mol. The molecule has 0 bridgehead atoms. The van der Waals surface area contributed by atoms with E-state index < -0.39 is 0 Å². The highest BCUT2D eigenvalue weighted by Gasteiger charge is 2.14. The first-order valence-corrected chi connectivity index (χ1v) is 6.90. The molecule has 19 heavy (non-hydrogen) atoms. The fraction of sp³-hybridized carbons (Fsp3) is 0.357. The fourth-order valence-electron chi connectivity index (χ4n) is 2.12. The molecule has 2 heterocycles. The summed E-state index contributed by atoms with van der Waals surface area (Å²) in [4.78, 5) is 4.38. The number of nitrogens with zero attached hydrogens (tertiary/aromatic N) is 1. The number of nitrogens with one attached hydrogen (secondary N) is 1. The van der Waals surface area contributed by atoms with Gasteiger partial charge in [0.15, 0.2) is 11.5 Å². The summed E-state index contributed by atoms with van der Waals surface area (Å²) >= 11 is 5.68. The maximum atomic E-state index is 5.68. The molecule has 0 saturated carbocycles. The van der Waals surface area contributed by atoms with Gasteiger partial charge in [-0.05, 0) is 30.0 Å². The van der Waals surface area contributed by atoms with Crippen molar-refractivity contribution in [3.05, 3.63) is 24.4 Å². The number of alkyl halides is 1. The Morgan fingerprint density at radius 2 is 2.00 bits per heavy atom. The van der Waals surface area contributed by atoms with Gasteiger partial charge in [0.05, 0.1) is 0 Å². The second kappa shape index (κ2) is 5.53. The third-order valence-electron chi connectivity index (χ3n) is 3.03. The third kappa shape index (κ3) is 2.54. The maximum Gasteiger partial charge on any atom is 0.162 e. The van der Waals surface area contributed by atoms with Crippen LogP contribution in [0.1, 0.15) is 6.42 Å². The van der Waals surface area contributed by atoms with Crippen LogP contribution < -0.4 is 14.8 Å². The monoisotopic (exact) mass is 278 g/mol. The van der Waals surface area contributed by atoms with Crippen LogP contribution in [0.15, 0.2) is 24.4 Å². The normalized spacial score (nSPS) is 13.5. The second-order valence-electron chi connectivity index (χ2n) is 4.35. The number of benzene rings is 1. The number of hydrogen-bond donors (Lipinski definition) is 1. The molecule has 4 nitrogen and oxygen atoms in total. The molecule has 0 amide bonds. The van der Waals surface area contributed by atoms with E-state index in [2.05, 4.69) is 10.3 Å². The quantitative estimate of drug-likeness (QED) is 0.690. The molecular weight excluding hydrogens is 264 g/mol. The van der Waals surface area contributed by atoms with Crippen molar-refractivity contribution < 1.29 is 9.47 Å². The number of anilines is 1. The molecule has 0 atom stereocenters. The van der Waals surface area contributed by atoms with E-state index in [0.29, 0.717) is 19.1 Å². The Bertz CT molecular complexity index is 589. The van der Waals surface area contributed by atoms with Gasteiger partial charge in [-0.15, -0.1) is 11.6 Å². The van der Waals surface area contributed by atoms with Crippen molar-refractivity contribution in [3.63, 3.8) is 0 Å². The number of pyridine rings is 1. The first-order chi connectivity index (χ1) is 9.38. The van der Waals surface area contributed by atoms with E-state index in [0.717, 1.165) is 41.1 Å². The molecule has 1 aliphatic rings. The molecule has 0 spiro atoms. The van der Waals surface area contributed by atoms with Crippen molar-refractivity contribution in [2.75, 3.05) is 31.0 Å². The zero-order chi connectivity index (χ0) is 13.1. The Hall–Kier alpha value is -1.68. The fourth-order valence-corrected chi connectivity index (χ4v) is 2.26. The summed E-state index contributed by atoms with van der Waals surface area (Å²) in [6, 6.07) is 5.96. The molecule has 1 aromatic carbocycles. The zero-order valence-electron chi connectivity index (χ0n) is 10.5. The molecule has 3 rings (SSSR count). The minimum Gasteiger partial charge on any atom is -0.486 e. The number of fused-ring (bicyclic) bond motifs is 2. The highest BCUT2D eigenvalue weighted by Crippen LogP contribution is 2.36. The van der Waals surface area contributed by atoms with Gasteiger partial charge in [-0.2, -0.15) is 0 Å². The maximum absolute atomic E-state index is 5.68. The molecule has 2 aromatic rings. The second-order valence-corrected chi connectivity index (χ2v) is 4.72. The average Bonchev–Trinajstić information content (AvgIpc) is 2.46. The van der Waals surface area contributed by atoms with Crippen molar-refractivity contribution in [3.8, 4) is 11.5 Å². The summed E-state index contributed by atoms with van der Waals surface area (Å²) in [5.74, 6) is 3.09. The molecule has 0 radical (unpaired) electrons. The van der Waals surface area contributed by atoms with Crippen molar-refractivity contribution in [2.24, 2.45) is 0 Å². The first-order valence-electron chi connectivity index (χ1n) is 6.36. The summed E-state index contributed by atoms with van der Waals surface area (Å²) in [6.45, 7) is 2.00. The molecule has 0 fully saturated rings. The van der Waals surface area contributed by atoms with E-state index in [1.807, 2.05) is 18.2 Å². The van der Waals surface area contributed by atoms with Crippen molar-refractivity contribution >= 4 is 28.2 Å². The summed E-state index contributed by atoms with van der Waals surface area (Å²) < 4.78 is 11.2. The lowest BCUT2D eigenvalue weighted by molar-refractivity contribution is 0.172. The number of rotatable bonds is 4. The van der Waals surface area contributed by atoms with Crippen molar-refractivity contribution in [2.45, 2.75) is 6.42 Å². The standard InChI is InChI=1S/C14H15ClN2O2/c15-3-1-4-16-14-11-9-13-12(18-6-7-19-13)8-10(11)2-5-17-14/h2,5,8-9H,1,3-4,6-7H2,(H,16,17). The minimum absolute atomic E-state index is 0.591. The highest BCUT2D eigenvalue weighted by molar-refractivity contribution is 6.17. The number of hydrogen-bond acceptors (Lipinski definition) is 4. The lowest BCUT2D eigenvalue weighted by Gasteiger charge is -2.19. The van der Waals surface area contributed by atoms with E-state index in [1.54, 1.807) is 6.20 Å². The van der Waals surface area contributed by atoms with Crippen LogP contribution in [-0.4, -0.2) is 30.6 Å². The molecular formula is C14H15ClN2O2. The van der Waals surface area contributed by atoms with Gasteiger partial charge in [-0.1, -0.05) is 0 Å². The summed E-state index contributed by atoms with van der Waals surface area (Å²) in [5, 5.41) is 5.44. The van der Waals surface area contributed by atoms with E-state index in [9.17, 15) is 0 Å². The first kappa shape index (κ1) is 12.4. The van der Waals surface area contributed by atoms with Gasteiger partial charge in [-0.25, -0.2) is 4.98 Å². The van der Waals surface area contributed by atoms with E-state index >= 15 is 0 Å². The molecule has 0 unspecified atom stereocenters. The summed E-state index contributed by atoms with van der Waals surface area (Å²) in [6.07, 6.45) is 2.70. The van der Waals surface area contributed by atoms with Crippen LogP contribution >= 0.6 is 11.6 Å². The number of aromatic nitrogens is 1. The Kier molecular flexibility index (Phi) is 3.60. The Labute approximate surface area is 116 Å². The Morgan fingerprint density at radius 3 is 2.79 bits per heavy atom. The van der Waals surface area contributed by atoms with E-state index in [1.165, 1.54) is 0 Å². The molecule has 0 aliphatic carbocycles. The van der Waals surface area contributed by atoms with Gasteiger partial charge in [0, 0.05) is 24.0 Å².